The molecule has 3 aromatic carbocycles. The van der Waals surface area contributed by atoms with Crippen LogP contribution in [0.5, 0.6) is 0 Å². The van der Waals surface area contributed by atoms with Crippen LogP contribution in [0.1, 0.15) is 100 Å². The van der Waals surface area contributed by atoms with Crippen molar-refractivity contribution in [1.82, 2.24) is 0 Å². The maximum atomic E-state index is 6.54. The van der Waals surface area contributed by atoms with E-state index in [2.05, 4.69) is 72.4 Å². The van der Waals surface area contributed by atoms with E-state index < -0.39 is 0 Å². The highest BCUT2D eigenvalue weighted by Gasteiger charge is 2.01. The molecule has 0 aromatic heterocycles. The first-order chi connectivity index (χ1) is 18.2. The van der Waals surface area contributed by atoms with Gasteiger partial charge in [-0.3, -0.25) is 9.98 Å². The summed E-state index contributed by atoms with van der Waals surface area (Å²) in [5.74, 6) is 0. The minimum absolute atomic E-state index is 0.676. The van der Waals surface area contributed by atoms with E-state index >= 15 is 0 Å². The molecule has 0 atom stereocenters. The first-order valence-electron chi connectivity index (χ1n) is 14.2. The van der Waals surface area contributed by atoms with Gasteiger partial charge in [-0.05, 0) is 72.7 Å². The Hall–Kier alpha value is -2.71. The highest BCUT2D eigenvalue weighted by Crippen LogP contribution is 2.20. The quantitative estimate of drug-likeness (QED) is 0.134. The number of hydrogen-bond acceptors (Lipinski definition) is 2. The second kappa shape index (κ2) is 16.9. The Morgan fingerprint density at radius 1 is 0.568 bits per heavy atom. The summed E-state index contributed by atoms with van der Waals surface area (Å²) in [4.78, 5) is 9.25. The molecule has 0 spiro atoms. The van der Waals surface area contributed by atoms with Crippen LogP contribution >= 0.6 is 11.6 Å². The second-order valence-corrected chi connectivity index (χ2v) is 10.4. The number of unbranched alkanes of at least 4 members (excludes halogenated alkanes) is 8. The Morgan fingerprint density at radius 3 is 1.54 bits per heavy atom. The molecule has 3 aromatic rings. The molecule has 0 aliphatic heterocycles. The van der Waals surface area contributed by atoms with Crippen LogP contribution in [0.15, 0.2) is 76.7 Å². The van der Waals surface area contributed by atoms with Crippen LogP contribution in [0.4, 0.5) is 11.4 Å². The minimum Gasteiger partial charge on any atom is -0.256 e. The van der Waals surface area contributed by atoms with Gasteiger partial charge in [-0.1, -0.05) is 113 Å². The van der Waals surface area contributed by atoms with Crippen LogP contribution in [0.2, 0.25) is 5.02 Å². The van der Waals surface area contributed by atoms with Crippen LogP contribution in [0.25, 0.3) is 0 Å². The molecule has 3 rings (SSSR count). The van der Waals surface area contributed by atoms with Gasteiger partial charge in [0.05, 0.1) is 11.4 Å². The van der Waals surface area contributed by atoms with Gasteiger partial charge >= 0.3 is 0 Å². The Morgan fingerprint density at radius 2 is 1.05 bits per heavy atom. The lowest BCUT2D eigenvalue weighted by Gasteiger charge is -2.03. The van der Waals surface area contributed by atoms with Crippen LogP contribution in [-0.2, 0) is 12.8 Å². The molecule has 0 aliphatic rings. The van der Waals surface area contributed by atoms with Crippen LogP contribution in [0.3, 0.4) is 0 Å². The molecule has 0 N–H and O–H groups in total. The van der Waals surface area contributed by atoms with Gasteiger partial charge in [-0.15, -0.1) is 0 Å². The number of rotatable bonds is 16. The molecule has 3 heteroatoms. The van der Waals surface area contributed by atoms with Crippen LogP contribution in [0, 0.1) is 0 Å². The molecule has 0 heterocycles. The number of aliphatic imine (C=N–C) groups is 2. The average Bonchev–Trinajstić information content (AvgIpc) is 2.92. The SMILES string of the molecule is CCCCCCCc1ccc(N=Cc2ccc(C=Nc3ccc(CCCCCCC)cc3)c(Cl)c2)cc1. The Balaban J connectivity index is 1.48. The summed E-state index contributed by atoms with van der Waals surface area (Å²) >= 11 is 6.54. The van der Waals surface area contributed by atoms with Gasteiger partial charge in [0.25, 0.3) is 0 Å². The summed E-state index contributed by atoms with van der Waals surface area (Å²) < 4.78 is 0. The number of nitrogens with zero attached hydrogens (tertiary/aromatic N) is 2. The fourth-order valence-electron chi connectivity index (χ4n) is 4.38. The van der Waals surface area contributed by atoms with Crippen molar-refractivity contribution in [2.75, 3.05) is 0 Å². The van der Waals surface area contributed by atoms with Crippen LogP contribution < -0.4 is 0 Å². The highest BCUT2D eigenvalue weighted by molar-refractivity contribution is 6.33. The van der Waals surface area contributed by atoms with Crippen molar-refractivity contribution >= 4 is 35.4 Å². The van der Waals surface area contributed by atoms with Gasteiger partial charge in [-0.2, -0.15) is 0 Å². The molecule has 0 unspecified atom stereocenters. The Bertz CT molecular complexity index is 1100. The van der Waals surface area contributed by atoms with Crippen molar-refractivity contribution in [2.45, 2.75) is 90.9 Å². The zero-order valence-corrected chi connectivity index (χ0v) is 23.5. The molecule has 0 saturated heterocycles. The number of halogens is 1. The van der Waals surface area contributed by atoms with Crippen molar-refractivity contribution in [1.29, 1.82) is 0 Å². The molecule has 0 bridgehead atoms. The number of aryl methyl sites for hydroxylation is 2. The summed E-state index contributed by atoms with van der Waals surface area (Å²) in [7, 11) is 0. The van der Waals surface area contributed by atoms with E-state index in [-0.39, 0.29) is 0 Å². The van der Waals surface area contributed by atoms with Crippen molar-refractivity contribution in [3.05, 3.63) is 94.0 Å². The van der Waals surface area contributed by atoms with Gasteiger partial charge in [0.2, 0.25) is 0 Å². The van der Waals surface area contributed by atoms with E-state index in [9.17, 15) is 0 Å². The Labute approximate surface area is 229 Å². The zero-order chi connectivity index (χ0) is 26.1. The zero-order valence-electron chi connectivity index (χ0n) is 22.8. The first kappa shape index (κ1) is 28.9. The molecular weight excluding hydrogens is 472 g/mol. The smallest absolute Gasteiger partial charge is 0.0630 e. The van der Waals surface area contributed by atoms with Crippen molar-refractivity contribution < 1.29 is 0 Å². The predicted molar refractivity (Wildman–Crippen MR) is 164 cm³/mol. The van der Waals surface area contributed by atoms with Gasteiger partial charge in [0.1, 0.15) is 0 Å². The highest BCUT2D eigenvalue weighted by atomic mass is 35.5. The van der Waals surface area contributed by atoms with Gasteiger partial charge < -0.3 is 0 Å². The molecular formula is C34H43ClN2. The lowest BCUT2D eigenvalue weighted by atomic mass is 10.1. The third kappa shape index (κ3) is 11.1. The van der Waals surface area contributed by atoms with E-state index in [1.54, 1.807) is 0 Å². The van der Waals surface area contributed by atoms with Crippen molar-refractivity contribution in [2.24, 2.45) is 9.98 Å². The van der Waals surface area contributed by atoms with Gasteiger partial charge in [0.15, 0.2) is 0 Å². The number of benzene rings is 3. The predicted octanol–water partition coefficient (Wildman–Crippen LogP) is 10.9. The fraction of sp³-hybridized carbons (Fsp3) is 0.412. The number of hydrogen-bond donors (Lipinski definition) is 0. The first-order valence-corrected chi connectivity index (χ1v) is 14.6. The van der Waals surface area contributed by atoms with Gasteiger partial charge in [-0.25, -0.2) is 0 Å². The lowest BCUT2D eigenvalue weighted by Crippen LogP contribution is -1.88. The van der Waals surface area contributed by atoms with Crippen molar-refractivity contribution in [3.8, 4) is 0 Å². The molecule has 2 nitrogen and oxygen atoms in total. The molecule has 0 radical (unpaired) electrons. The molecule has 0 saturated carbocycles. The van der Waals surface area contributed by atoms with E-state index in [1.807, 2.05) is 30.6 Å². The third-order valence-electron chi connectivity index (χ3n) is 6.75. The average molecular weight is 515 g/mol. The van der Waals surface area contributed by atoms with E-state index in [0.29, 0.717) is 5.02 Å². The minimum atomic E-state index is 0.676. The molecule has 0 aliphatic carbocycles. The monoisotopic (exact) mass is 514 g/mol. The summed E-state index contributed by atoms with van der Waals surface area (Å²) in [5, 5.41) is 0.676. The second-order valence-electron chi connectivity index (χ2n) is 9.96. The molecule has 0 amide bonds. The van der Waals surface area contributed by atoms with E-state index in [4.69, 9.17) is 11.6 Å². The molecule has 0 fully saturated rings. The van der Waals surface area contributed by atoms with Gasteiger partial charge in [0, 0.05) is 23.0 Å². The third-order valence-corrected chi connectivity index (χ3v) is 7.08. The topological polar surface area (TPSA) is 24.7 Å². The normalized spacial score (nSPS) is 11.6. The van der Waals surface area contributed by atoms with Crippen LogP contribution in [-0.4, -0.2) is 12.4 Å². The summed E-state index contributed by atoms with van der Waals surface area (Å²) in [6.45, 7) is 4.51. The fourth-order valence-corrected chi connectivity index (χ4v) is 4.62. The molecule has 196 valence electrons. The largest absolute Gasteiger partial charge is 0.256 e. The lowest BCUT2D eigenvalue weighted by molar-refractivity contribution is 0.632. The maximum absolute atomic E-state index is 6.54. The maximum Gasteiger partial charge on any atom is 0.0630 e. The standard InChI is InChI=1S/C34H43ClN2/c1-3-5-7-9-11-13-28-16-21-32(22-17-28)36-26-30-15-20-31(34(35)25-30)27-37-33-23-18-29(19-24-33)14-12-10-8-6-4-2/h15-27H,3-14H2,1-2H3. The summed E-state index contributed by atoms with van der Waals surface area (Å²) in [6, 6.07) is 23.1. The summed E-state index contributed by atoms with van der Waals surface area (Å²) in [6.07, 6.45) is 19.1. The Kier molecular flexibility index (Phi) is 13.2. The summed E-state index contributed by atoms with van der Waals surface area (Å²) in [5.41, 5.74) is 6.56. The van der Waals surface area contributed by atoms with E-state index in [0.717, 1.165) is 35.3 Å². The van der Waals surface area contributed by atoms with Crippen molar-refractivity contribution in [3.63, 3.8) is 0 Å². The molecule has 37 heavy (non-hydrogen) atoms. The van der Waals surface area contributed by atoms with E-state index in [1.165, 1.54) is 75.3 Å².